The molecule has 98 valence electrons. The summed E-state index contributed by atoms with van der Waals surface area (Å²) >= 11 is 5.70. The largest absolute Gasteiger partial charge is 0.339 e. The van der Waals surface area contributed by atoms with Crippen molar-refractivity contribution in [3.8, 4) is 11.1 Å². The summed E-state index contributed by atoms with van der Waals surface area (Å²) in [6.45, 7) is 0. The van der Waals surface area contributed by atoms with E-state index in [0.29, 0.717) is 11.0 Å². The molecule has 3 nitrogen and oxygen atoms in total. The van der Waals surface area contributed by atoms with Crippen LogP contribution in [0.1, 0.15) is 0 Å². The van der Waals surface area contributed by atoms with Gasteiger partial charge in [-0.2, -0.15) is 0 Å². The molecular weight excluding hydrogens is 270 g/mol. The first-order valence-corrected chi connectivity index (χ1v) is 6.61. The van der Waals surface area contributed by atoms with E-state index < -0.39 is 0 Å². The lowest BCUT2D eigenvalue weighted by Gasteiger charge is -2.06. The molecular formula is C16H12ClN3. The first-order chi connectivity index (χ1) is 9.81. The van der Waals surface area contributed by atoms with Crippen molar-refractivity contribution in [2.75, 3.05) is 5.32 Å². The maximum absolute atomic E-state index is 5.70. The molecule has 0 aliphatic rings. The van der Waals surface area contributed by atoms with Crippen molar-refractivity contribution >= 4 is 23.1 Å². The van der Waals surface area contributed by atoms with E-state index in [0.717, 1.165) is 5.69 Å². The molecule has 0 radical (unpaired) electrons. The average molecular weight is 282 g/mol. The van der Waals surface area contributed by atoms with Crippen molar-refractivity contribution in [3.63, 3.8) is 0 Å². The Hall–Kier alpha value is -2.39. The van der Waals surface area contributed by atoms with E-state index in [1.54, 1.807) is 12.1 Å². The molecule has 3 rings (SSSR count). The van der Waals surface area contributed by atoms with Crippen molar-refractivity contribution in [3.05, 3.63) is 71.9 Å². The van der Waals surface area contributed by atoms with Gasteiger partial charge in [-0.25, -0.2) is 0 Å². The monoisotopic (exact) mass is 281 g/mol. The Morgan fingerprint density at radius 1 is 0.700 bits per heavy atom. The fourth-order valence-electron chi connectivity index (χ4n) is 1.91. The number of halogens is 1. The standard InChI is InChI=1S/C16H12ClN3/c17-15-10-11-16(20-19-15)18-14-8-6-13(7-9-14)12-4-2-1-3-5-12/h1-11H,(H,18,20). The smallest absolute Gasteiger partial charge is 0.153 e. The van der Waals surface area contributed by atoms with Crippen LogP contribution in [-0.2, 0) is 0 Å². The Morgan fingerprint density at radius 2 is 1.40 bits per heavy atom. The molecule has 0 bridgehead atoms. The van der Waals surface area contributed by atoms with Crippen LogP contribution in [0, 0.1) is 0 Å². The zero-order chi connectivity index (χ0) is 13.8. The topological polar surface area (TPSA) is 37.8 Å². The molecule has 1 heterocycles. The Labute approximate surface area is 122 Å². The number of benzene rings is 2. The second-order valence-electron chi connectivity index (χ2n) is 4.31. The minimum atomic E-state index is 0.384. The molecule has 0 aliphatic heterocycles. The Morgan fingerprint density at radius 3 is 2.05 bits per heavy atom. The van der Waals surface area contributed by atoms with Gasteiger partial charge >= 0.3 is 0 Å². The van der Waals surface area contributed by atoms with Crippen molar-refractivity contribution in [1.82, 2.24) is 10.2 Å². The maximum atomic E-state index is 5.70. The van der Waals surface area contributed by atoms with Crippen molar-refractivity contribution in [2.45, 2.75) is 0 Å². The van der Waals surface area contributed by atoms with Gasteiger partial charge in [-0.05, 0) is 35.4 Å². The second kappa shape index (κ2) is 5.72. The molecule has 20 heavy (non-hydrogen) atoms. The summed E-state index contributed by atoms with van der Waals surface area (Å²) in [4.78, 5) is 0. The summed E-state index contributed by atoms with van der Waals surface area (Å²) in [6, 6.07) is 21.9. The van der Waals surface area contributed by atoms with Gasteiger partial charge in [0.05, 0.1) is 0 Å². The molecule has 0 unspecified atom stereocenters. The number of anilines is 2. The van der Waals surface area contributed by atoms with Crippen LogP contribution in [0.5, 0.6) is 0 Å². The van der Waals surface area contributed by atoms with Gasteiger partial charge in [0.2, 0.25) is 0 Å². The number of hydrogen-bond donors (Lipinski definition) is 1. The third-order valence-electron chi connectivity index (χ3n) is 2.90. The van der Waals surface area contributed by atoms with E-state index in [1.807, 2.05) is 30.3 Å². The van der Waals surface area contributed by atoms with Crippen molar-refractivity contribution < 1.29 is 0 Å². The zero-order valence-electron chi connectivity index (χ0n) is 10.6. The molecule has 0 saturated carbocycles. The fourth-order valence-corrected chi connectivity index (χ4v) is 2.01. The summed E-state index contributed by atoms with van der Waals surface area (Å²) in [5.74, 6) is 0.668. The number of aromatic nitrogens is 2. The number of nitrogens with one attached hydrogen (secondary N) is 1. The SMILES string of the molecule is Clc1ccc(Nc2ccc(-c3ccccc3)cc2)nn1. The average Bonchev–Trinajstić information content (AvgIpc) is 2.51. The van der Waals surface area contributed by atoms with Gasteiger partial charge in [0, 0.05) is 5.69 Å². The zero-order valence-corrected chi connectivity index (χ0v) is 11.4. The van der Waals surface area contributed by atoms with Gasteiger partial charge in [-0.3, -0.25) is 0 Å². The van der Waals surface area contributed by atoms with Gasteiger partial charge in [0.15, 0.2) is 11.0 Å². The van der Waals surface area contributed by atoms with Crippen LogP contribution in [0.4, 0.5) is 11.5 Å². The highest BCUT2D eigenvalue weighted by molar-refractivity contribution is 6.29. The van der Waals surface area contributed by atoms with Crippen LogP contribution in [0.3, 0.4) is 0 Å². The molecule has 0 fully saturated rings. The molecule has 0 atom stereocenters. The normalized spacial score (nSPS) is 10.2. The van der Waals surface area contributed by atoms with Crippen LogP contribution in [0.2, 0.25) is 5.15 Å². The van der Waals surface area contributed by atoms with E-state index in [2.05, 4.69) is 39.8 Å². The summed E-state index contributed by atoms with van der Waals surface area (Å²) in [6.07, 6.45) is 0. The first kappa shape index (κ1) is 12.6. The summed E-state index contributed by atoms with van der Waals surface area (Å²) < 4.78 is 0. The van der Waals surface area contributed by atoms with Gasteiger partial charge in [0.25, 0.3) is 0 Å². The van der Waals surface area contributed by atoms with Crippen molar-refractivity contribution in [2.24, 2.45) is 0 Å². The highest BCUT2D eigenvalue weighted by Gasteiger charge is 1.99. The van der Waals surface area contributed by atoms with E-state index in [9.17, 15) is 0 Å². The Bertz CT molecular complexity index is 679. The van der Waals surface area contributed by atoms with Crippen LogP contribution >= 0.6 is 11.6 Å². The lowest BCUT2D eigenvalue weighted by molar-refractivity contribution is 1.04. The highest BCUT2D eigenvalue weighted by atomic mass is 35.5. The minimum Gasteiger partial charge on any atom is -0.339 e. The third-order valence-corrected chi connectivity index (χ3v) is 3.10. The Kier molecular flexibility index (Phi) is 3.61. The first-order valence-electron chi connectivity index (χ1n) is 6.23. The van der Waals surface area contributed by atoms with E-state index >= 15 is 0 Å². The van der Waals surface area contributed by atoms with Crippen LogP contribution < -0.4 is 5.32 Å². The summed E-state index contributed by atoms with van der Waals surface area (Å²) in [5, 5.41) is 11.3. The lowest BCUT2D eigenvalue weighted by Crippen LogP contribution is -1.94. The minimum absolute atomic E-state index is 0.384. The maximum Gasteiger partial charge on any atom is 0.153 e. The third kappa shape index (κ3) is 2.95. The molecule has 3 aromatic rings. The van der Waals surface area contributed by atoms with Gasteiger partial charge in [-0.1, -0.05) is 54.1 Å². The summed E-state index contributed by atoms with van der Waals surface area (Å²) in [7, 11) is 0. The quantitative estimate of drug-likeness (QED) is 0.766. The second-order valence-corrected chi connectivity index (χ2v) is 4.70. The highest BCUT2D eigenvalue weighted by Crippen LogP contribution is 2.22. The van der Waals surface area contributed by atoms with Gasteiger partial charge < -0.3 is 5.32 Å². The van der Waals surface area contributed by atoms with Crippen LogP contribution in [0.15, 0.2) is 66.7 Å². The van der Waals surface area contributed by atoms with Gasteiger partial charge in [0.1, 0.15) is 0 Å². The number of nitrogens with zero attached hydrogens (tertiary/aromatic N) is 2. The number of hydrogen-bond acceptors (Lipinski definition) is 3. The van der Waals surface area contributed by atoms with E-state index in [4.69, 9.17) is 11.6 Å². The molecule has 2 aromatic carbocycles. The van der Waals surface area contributed by atoms with Crippen molar-refractivity contribution in [1.29, 1.82) is 0 Å². The molecule has 4 heteroatoms. The fraction of sp³-hybridized carbons (Fsp3) is 0. The van der Waals surface area contributed by atoms with E-state index in [1.165, 1.54) is 11.1 Å². The van der Waals surface area contributed by atoms with Crippen LogP contribution in [0.25, 0.3) is 11.1 Å². The molecule has 0 spiro atoms. The molecule has 0 amide bonds. The Balaban J connectivity index is 1.78. The van der Waals surface area contributed by atoms with E-state index in [-0.39, 0.29) is 0 Å². The van der Waals surface area contributed by atoms with Crippen LogP contribution in [-0.4, -0.2) is 10.2 Å². The summed E-state index contributed by atoms with van der Waals surface area (Å²) in [5.41, 5.74) is 3.34. The lowest BCUT2D eigenvalue weighted by atomic mass is 10.1. The molecule has 0 aliphatic carbocycles. The van der Waals surface area contributed by atoms with Gasteiger partial charge in [-0.15, -0.1) is 10.2 Å². The molecule has 0 saturated heterocycles. The molecule has 1 N–H and O–H groups in total. The number of rotatable bonds is 3. The predicted octanol–water partition coefficient (Wildman–Crippen LogP) is 4.54. The predicted molar refractivity (Wildman–Crippen MR) is 82.2 cm³/mol. The molecule has 1 aromatic heterocycles.